The minimum absolute atomic E-state index is 0.168. The van der Waals surface area contributed by atoms with Gasteiger partial charge in [0.05, 0.1) is 12.3 Å². The van der Waals surface area contributed by atoms with Crippen molar-refractivity contribution in [3.8, 4) is 11.1 Å². The SMILES string of the molecule is O=C(CC(NC(=O)OCC1c2ccccc2-c2ccccc21)C(F)(F)F)N[C@@H]1CCC[C@@H]1C(=O)O. The van der Waals surface area contributed by atoms with Crippen LogP contribution >= 0.6 is 0 Å². The first-order valence-corrected chi connectivity index (χ1v) is 11.4. The van der Waals surface area contributed by atoms with E-state index in [-0.39, 0.29) is 12.5 Å². The first kappa shape index (κ1) is 24.6. The van der Waals surface area contributed by atoms with Crippen LogP contribution in [0.25, 0.3) is 11.1 Å². The third-order valence-electron chi connectivity index (χ3n) is 6.60. The Labute approximate surface area is 199 Å². The number of aliphatic carboxylic acids is 1. The van der Waals surface area contributed by atoms with Crippen molar-refractivity contribution in [1.82, 2.24) is 10.6 Å². The number of carbonyl (C=O) groups is 3. The van der Waals surface area contributed by atoms with Gasteiger partial charge in [0.25, 0.3) is 0 Å². The summed E-state index contributed by atoms with van der Waals surface area (Å²) in [7, 11) is 0. The lowest BCUT2D eigenvalue weighted by Crippen LogP contribution is -2.50. The number of rotatable bonds is 7. The van der Waals surface area contributed by atoms with Crippen molar-refractivity contribution in [2.24, 2.45) is 5.92 Å². The van der Waals surface area contributed by atoms with E-state index < -0.39 is 48.6 Å². The molecular weight excluding hydrogens is 465 g/mol. The maximum absolute atomic E-state index is 13.6. The summed E-state index contributed by atoms with van der Waals surface area (Å²) < 4.78 is 45.8. The monoisotopic (exact) mass is 490 g/mol. The molecule has 3 atom stereocenters. The predicted molar refractivity (Wildman–Crippen MR) is 120 cm³/mol. The van der Waals surface area contributed by atoms with Gasteiger partial charge < -0.3 is 20.5 Å². The summed E-state index contributed by atoms with van der Waals surface area (Å²) in [5, 5.41) is 13.3. The van der Waals surface area contributed by atoms with Crippen molar-refractivity contribution >= 4 is 18.0 Å². The molecule has 1 unspecified atom stereocenters. The van der Waals surface area contributed by atoms with Gasteiger partial charge in [-0.15, -0.1) is 0 Å². The van der Waals surface area contributed by atoms with Crippen LogP contribution in [0.15, 0.2) is 48.5 Å². The van der Waals surface area contributed by atoms with Crippen LogP contribution in [0.5, 0.6) is 0 Å². The van der Waals surface area contributed by atoms with Gasteiger partial charge >= 0.3 is 18.2 Å². The Morgan fingerprint density at radius 2 is 1.60 bits per heavy atom. The molecule has 2 aliphatic carbocycles. The van der Waals surface area contributed by atoms with Crippen LogP contribution in [-0.4, -0.2) is 47.9 Å². The van der Waals surface area contributed by atoms with Gasteiger partial charge in [-0.3, -0.25) is 9.59 Å². The molecule has 0 saturated heterocycles. The van der Waals surface area contributed by atoms with Crippen LogP contribution in [0.2, 0.25) is 0 Å². The highest BCUT2D eigenvalue weighted by molar-refractivity contribution is 5.80. The molecule has 0 aliphatic heterocycles. The second-order valence-corrected chi connectivity index (χ2v) is 8.82. The van der Waals surface area contributed by atoms with Gasteiger partial charge in [-0.2, -0.15) is 13.2 Å². The second-order valence-electron chi connectivity index (χ2n) is 8.82. The van der Waals surface area contributed by atoms with E-state index in [4.69, 9.17) is 4.74 Å². The fourth-order valence-corrected chi connectivity index (χ4v) is 4.91. The summed E-state index contributed by atoms with van der Waals surface area (Å²) in [6.45, 7) is -0.168. The summed E-state index contributed by atoms with van der Waals surface area (Å²) >= 11 is 0. The summed E-state index contributed by atoms with van der Waals surface area (Å²) in [6.07, 6.45) is -5.98. The van der Waals surface area contributed by atoms with Crippen molar-refractivity contribution < 1.29 is 37.4 Å². The highest BCUT2D eigenvalue weighted by Crippen LogP contribution is 2.44. The summed E-state index contributed by atoms with van der Waals surface area (Å²) in [4.78, 5) is 35.8. The topological polar surface area (TPSA) is 105 Å². The average molecular weight is 490 g/mol. The molecule has 0 aromatic heterocycles. The first-order chi connectivity index (χ1) is 16.6. The number of amides is 2. The third kappa shape index (κ3) is 5.41. The number of benzene rings is 2. The maximum atomic E-state index is 13.6. The van der Waals surface area contributed by atoms with E-state index in [0.717, 1.165) is 22.3 Å². The van der Waals surface area contributed by atoms with E-state index in [0.29, 0.717) is 19.3 Å². The van der Waals surface area contributed by atoms with Gasteiger partial charge in [0, 0.05) is 12.0 Å². The molecule has 186 valence electrons. The Morgan fingerprint density at radius 3 is 2.17 bits per heavy atom. The third-order valence-corrected chi connectivity index (χ3v) is 6.60. The van der Waals surface area contributed by atoms with E-state index in [9.17, 15) is 32.7 Å². The molecule has 2 aromatic rings. The van der Waals surface area contributed by atoms with Crippen LogP contribution < -0.4 is 10.6 Å². The van der Waals surface area contributed by atoms with Gasteiger partial charge in [0.2, 0.25) is 5.91 Å². The number of carbonyl (C=O) groups excluding carboxylic acids is 2. The molecule has 7 nitrogen and oxygen atoms in total. The molecule has 2 aromatic carbocycles. The van der Waals surface area contributed by atoms with Crippen LogP contribution in [0.4, 0.5) is 18.0 Å². The lowest BCUT2D eigenvalue weighted by atomic mass is 9.98. The number of hydrogen-bond donors (Lipinski definition) is 3. The highest BCUT2D eigenvalue weighted by Gasteiger charge is 2.43. The van der Waals surface area contributed by atoms with Crippen LogP contribution in [0, 0.1) is 5.92 Å². The Hall–Kier alpha value is -3.56. The molecule has 10 heteroatoms. The fourth-order valence-electron chi connectivity index (χ4n) is 4.91. The molecule has 4 rings (SSSR count). The summed E-state index contributed by atoms with van der Waals surface area (Å²) in [5.41, 5.74) is 3.79. The summed E-state index contributed by atoms with van der Waals surface area (Å²) in [6, 6.07) is 11.9. The Bertz CT molecular complexity index is 1070. The number of halogens is 3. The summed E-state index contributed by atoms with van der Waals surface area (Å²) in [5.74, 6) is -3.24. The van der Waals surface area contributed by atoms with Gasteiger partial charge in [0.1, 0.15) is 12.6 Å². The lowest BCUT2D eigenvalue weighted by molar-refractivity contribution is -0.160. The van der Waals surface area contributed by atoms with E-state index in [1.54, 1.807) is 5.32 Å². The molecule has 1 fully saturated rings. The fraction of sp³-hybridized carbons (Fsp3) is 0.400. The van der Waals surface area contributed by atoms with Crippen molar-refractivity contribution in [2.45, 2.75) is 49.9 Å². The van der Waals surface area contributed by atoms with Crippen LogP contribution in [-0.2, 0) is 14.3 Å². The quantitative estimate of drug-likeness (QED) is 0.539. The molecule has 35 heavy (non-hydrogen) atoms. The molecule has 0 bridgehead atoms. The number of hydrogen-bond acceptors (Lipinski definition) is 4. The number of nitrogens with one attached hydrogen (secondary N) is 2. The first-order valence-electron chi connectivity index (χ1n) is 11.4. The minimum Gasteiger partial charge on any atom is -0.481 e. The highest BCUT2D eigenvalue weighted by atomic mass is 19.4. The van der Waals surface area contributed by atoms with Crippen LogP contribution in [0.1, 0.15) is 42.7 Å². The average Bonchev–Trinajstić information content (AvgIpc) is 3.39. The molecule has 3 N–H and O–H groups in total. The minimum atomic E-state index is -4.90. The lowest BCUT2D eigenvalue weighted by Gasteiger charge is -2.23. The molecule has 0 spiro atoms. The standard InChI is InChI=1S/C25H25F3N2O5/c26-25(27,28)21(12-22(31)29-20-11-5-10-18(20)23(32)33)30-24(34)35-13-19-16-8-3-1-6-14(16)15-7-2-4-9-17(15)19/h1-4,6-9,18-21H,5,10-13H2,(H,29,31)(H,30,34)(H,32,33)/t18-,20+,21?/m0/s1. The van der Waals surface area contributed by atoms with E-state index >= 15 is 0 Å². The molecule has 2 aliphatic rings. The number of ether oxygens (including phenoxy) is 1. The normalized spacial score (nSPS) is 20.0. The van der Waals surface area contributed by atoms with Crippen molar-refractivity contribution in [3.05, 3.63) is 59.7 Å². The molecule has 0 radical (unpaired) electrons. The number of alkyl carbamates (subject to hydrolysis) is 1. The van der Waals surface area contributed by atoms with Crippen molar-refractivity contribution in [1.29, 1.82) is 0 Å². The molecule has 0 heterocycles. The van der Waals surface area contributed by atoms with Gasteiger partial charge in [-0.05, 0) is 35.1 Å². The van der Waals surface area contributed by atoms with Gasteiger partial charge in [-0.1, -0.05) is 55.0 Å². The Kier molecular flexibility index (Phi) is 7.00. The molecular formula is C25H25F3N2O5. The second kappa shape index (κ2) is 9.97. The zero-order chi connectivity index (χ0) is 25.2. The maximum Gasteiger partial charge on any atom is 0.409 e. The zero-order valence-corrected chi connectivity index (χ0v) is 18.7. The van der Waals surface area contributed by atoms with E-state index in [1.807, 2.05) is 48.5 Å². The molecule has 1 saturated carbocycles. The van der Waals surface area contributed by atoms with E-state index in [2.05, 4.69) is 5.32 Å². The number of carboxylic acid groups (broad SMARTS) is 1. The number of alkyl halides is 3. The van der Waals surface area contributed by atoms with Crippen molar-refractivity contribution in [3.63, 3.8) is 0 Å². The van der Waals surface area contributed by atoms with E-state index in [1.165, 1.54) is 0 Å². The van der Waals surface area contributed by atoms with Gasteiger partial charge in [-0.25, -0.2) is 4.79 Å². The zero-order valence-electron chi connectivity index (χ0n) is 18.7. The van der Waals surface area contributed by atoms with Gasteiger partial charge in [0.15, 0.2) is 0 Å². The van der Waals surface area contributed by atoms with Crippen molar-refractivity contribution in [2.75, 3.05) is 6.61 Å². The number of carboxylic acids is 1. The number of fused-ring (bicyclic) bond motifs is 3. The largest absolute Gasteiger partial charge is 0.481 e. The van der Waals surface area contributed by atoms with Crippen LogP contribution in [0.3, 0.4) is 0 Å². The molecule has 2 amide bonds. The Morgan fingerprint density at radius 1 is 1.00 bits per heavy atom. The Balaban J connectivity index is 1.37. The smallest absolute Gasteiger partial charge is 0.409 e. The predicted octanol–water partition coefficient (Wildman–Crippen LogP) is 4.22.